The third-order valence-electron chi connectivity index (χ3n) is 5.40. The van der Waals surface area contributed by atoms with Crippen molar-refractivity contribution >= 4 is 26.5 Å². The molecule has 0 atom stereocenters. The van der Waals surface area contributed by atoms with E-state index in [1.807, 2.05) is 34.5 Å². The lowest BCUT2D eigenvalue weighted by molar-refractivity contribution is -0.139. The van der Waals surface area contributed by atoms with Crippen LogP contribution in [0.2, 0.25) is 0 Å². The van der Waals surface area contributed by atoms with E-state index in [9.17, 15) is 21.6 Å². The molecular formula is C22H22F3N3O3S2. The smallest absolute Gasteiger partial charge is 0.417 e. The molecule has 1 aromatic heterocycles. The number of methoxy groups -OCH3 is 1. The number of sulfonamides is 1. The van der Waals surface area contributed by atoms with Gasteiger partial charge in [-0.3, -0.25) is 0 Å². The van der Waals surface area contributed by atoms with E-state index < -0.39 is 26.7 Å². The fourth-order valence-corrected chi connectivity index (χ4v) is 6.17. The van der Waals surface area contributed by atoms with Gasteiger partial charge < -0.3 is 9.64 Å². The molecule has 33 heavy (non-hydrogen) atoms. The summed E-state index contributed by atoms with van der Waals surface area (Å²) in [5.74, 6) is 0.781. The standard InChI is InChI=1S/C22H22F3N3O3S2/c1-31-18-8-6-16(7-9-18)14-17-15-32-21(26-17)27-10-12-28(13-11-27)33(29,30)20-5-3-2-4-19(20)22(23,24)25/h2-9,15H,10-14H2,1H3. The largest absolute Gasteiger partial charge is 0.497 e. The first-order chi connectivity index (χ1) is 15.7. The van der Waals surface area contributed by atoms with Gasteiger partial charge in [0, 0.05) is 38.0 Å². The zero-order chi connectivity index (χ0) is 23.6. The topological polar surface area (TPSA) is 62.7 Å². The van der Waals surface area contributed by atoms with Crippen molar-refractivity contribution in [3.63, 3.8) is 0 Å². The molecule has 0 bridgehead atoms. The van der Waals surface area contributed by atoms with Gasteiger partial charge in [-0.2, -0.15) is 17.5 Å². The van der Waals surface area contributed by atoms with Crippen molar-refractivity contribution in [2.45, 2.75) is 17.5 Å². The van der Waals surface area contributed by atoms with Gasteiger partial charge in [0.15, 0.2) is 5.13 Å². The minimum Gasteiger partial charge on any atom is -0.497 e. The van der Waals surface area contributed by atoms with Crippen LogP contribution in [0.25, 0.3) is 0 Å². The first kappa shape index (κ1) is 23.5. The van der Waals surface area contributed by atoms with Gasteiger partial charge in [-0.1, -0.05) is 24.3 Å². The number of rotatable bonds is 6. The second-order valence-electron chi connectivity index (χ2n) is 7.53. The van der Waals surface area contributed by atoms with Crippen LogP contribution in [0.15, 0.2) is 58.8 Å². The molecule has 1 fully saturated rings. The van der Waals surface area contributed by atoms with Crippen molar-refractivity contribution in [1.82, 2.24) is 9.29 Å². The Morgan fingerprint density at radius 2 is 1.70 bits per heavy atom. The molecule has 0 saturated carbocycles. The van der Waals surface area contributed by atoms with Crippen LogP contribution in [-0.4, -0.2) is 51.0 Å². The number of piperazine rings is 1. The molecule has 0 amide bonds. The molecule has 11 heteroatoms. The minimum atomic E-state index is -4.74. The Bertz CT molecular complexity index is 1200. The first-order valence-electron chi connectivity index (χ1n) is 10.2. The van der Waals surface area contributed by atoms with Gasteiger partial charge >= 0.3 is 6.18 Å². The number of benzene rings is 2. The average molecular weight is 498 g/mol. The van der Waals surface area contributed by atoms with Crippen LogP contribution in [0, 0.1) is 0 Å². The van der Waals surface area contributed by atoms with Crippen LogP contribution in [0.1, 0.15) is 16.8 Å². The number of ether oxygens (including phenoxy) is 1. The predicted octanol–water partition coefficient (Wildman–Crippen LogP) is 4.27. The summed E-state index contributed by atoms with van der Waals surface area (Å²) < 4.78 is 72.1. The Labute approximate surface area is 194 Å². The summed E-state index contributed by atoms with van der Waals surface area (Å²) >= 11 is 1.47. The van der Waals surface area contributed by atoms with Crippen molar-refractivity contribution in [2.24, 2.45) is 0 Å². The molecule has 0 radical (unpaired) electrons. The predicted molar refractivity (Wildman–Crippen MR) is 120 cm³/mol. The molecule has 3 aromatic rings. The highest BCUT2D eigenvalue weighted by atomic mass is 32.2. The van der Waals surface area contributed by atoms with E-state index in [2.05, 4.69) is 4.98 Å². The zero-order valence-corrected chi connectivity index (χ0v) is 19.4. The van der Waals surface area contributed by atoms with E-state index in [-0.39, 0.29) is 13.1 Å². The summed E-state index contributed by atoms with van der Waals surface area (Å²) in [7, 11) is -2.65. The average Bonchev–Trinajstić information content (AvgIpc) is 3.27. The van der Waals surface area contributed by atoms with E-state index in [1.54, 1.807) is 7.11 Å². The molecular weight excluding hydrogens is 475 g/mol. The lowest BCUT2D eigenvalue weighted by Gasteiger charge is -2.34. The Morgan fingerprint density at radius 3 is 2.33 bits per heavy atom. The second-order valence-corrected chi connectivity index (χ2v) is 10.3. The van der Waals surface area contributed by atoms with E-state index in [0.29, 0.717) is 19.5 Å². The maximum Gasteiger partial charge on any atom is 0.417 e. The quantitative estimate of drug-likeness (QED) is 0.509. The molecule has 0 spiro atoms. The van der Waals surface area contributed by atoms with E-state index in [1.165, 1.54) is 23.5 Å². The summed E-state index contributed by atoms with van der Waals surface area (Å²) in [5.41, 5.74) is 0.844. The third-order valence-corrected chi connectivity index (χ3v) is 8.31. The number of hydrogen-bond donors (Lipinski definition) is 0. The number of alkyl halides is 3. The third kappa shape index (κ3) is 5.15. The molecule has 4 rings (SSSR count). The highest BCUT2D eigenvalue weighted by molar-refractivity contribution is 7.89. The van der Waals surface area contributed by atoms with Crippen LogP contribution < -0.4 is 9.64 Å². The number of halogens is 3. The molecule has 6 nitrogen and oxygen atoms in total. The van der Waals surface area contributed by atoms with Gasteiger partial charge in [-0.25, -0.2) is 13.4 Å². The fourth-order valence-electron chi connectivity index (χ4n) is 3.66. The van der Waals surface area contributed by atoms with Crippen LogP contribution in [-0.2, 0) is 22.6 Å². The molecule has 0 unspecified atom stereocenters. The Kier molecular flexibility index (Phi) is 6.64. The van der Waals surface area contributed by atoms with Gasteiger partial charge in [-0.05, 0) is 29.8 Å². The molecule has 1 aliphatic heterocycles. The summed E-state index contributed by atoms with van der Waals surface area (Å²) in [4.78, 5) is 5.92. The number of anilines is 1. The van der Waals surface area contributed by atoms with Gasteiger partial charge in [0.05, 0.1) is 23.3 Å². The highest BCUT2D eigenvalue weighted by Crippen LogP contribution is 2.35. The van der Waals surface area contributed by atoms with Crippen molar-refractivity contribution in [3.8, 4) is 5.75 Å². The van der Waals surface area contributed by atoms with Gasteiger partial charge in [0.2, 0.25) is 10.0 Å². The Balaban J connectivity index is 1.42. The number of thiazole rings is 1. The van der Waals surface area contributed by atoms with Gasteiger partial charge in [-0.15, -0.1) is 11.3 Å². The van der Waals surface area contributed by atoms with Crippen molar-refractivity contribution < 1.29 is 26.3 Å². The Hall–Kier alpha value is -2.63. The van der Waals surface area contributed by atoms with Crippen LogP contribution in [0.5, 0.6) is 5.75 Å². The SMILES string of the molecule is COc1ccc(Cc2csc(N3CCN(S(=O)(=O)c4ccccc4C(F)(F)F)CC3)n2)cc1. The van der Waals surface area contributed by atoms with Crippen LogP contribution in [0.4, 0.5) is 18.3 Å². The molecule has 0 aliphatic carbocycles. The van der Waals surface area contributed by atoms with Crippen molar-refractivity contribution in [3.05, 3.63) is 70.7 Å². The maximum atomic E-state index is 13.3. The monoisotopic (exact) mass is 497 g/mol. The molecule has 176 valence electrons. The fraction of sp³-hybridized carbons (Fsp3) is 0.318. The van der Waals surface area contributed by atoms with Gasteiger partial charge in [0.1, 0.15) is 5.75 Å². The number of aromatic nitrogens is 1. The summed E-state index contributed by atoms with van der Waals surface area (Å²) in [6.07, 6.45) is -4.09. The lowest BCUT2D eigenvalue weighted by atomic mass is 10.1. The zero-order valence-electron chi connectivity index (χ0n) is 17.7. The van der Waals surface area contributed by atoms with Crippen molar-refractivity contribution in [2.75, 3.05) is 38.2 Å². The van der Waals surface area contributed by atoms with Gasteiger partial charge in [0.25, 0.3) is 0 Å². The minimum absolute atomic E-state index is 0.0852. The molecule has 1 saturated heterocycles. The number of hydrogen-bond acceptors (Lipinski definition) is 6. The van der Waals surface area contributed by atoms with E-state index >= 15 is 0 Å². The van der Waals surface area contributed by atoms with E-state index in [0.717, 1.165) is 38.6 Å². The molecule has 0 N–H and O–H groups in total. The second kappa shape index (κ2) is 9.32. The van der Waals surface area contributed by atoms with E-state index in [4.69, 9.17) is 4.74 Å². The summed E-state index contributed by atoms with van der Waals surface area (Å²) in [6.45, 7) is 0.871. The molecule has 2 heterocycles. The summed E-state index contributed by atoms with van der Waals surface area (Å²) in [5, 5.41) is 2.73. The maximum absolute atomic E-state index is 13.3. The van der Waals surface area contributed by atoms with Crippen LogP contribution in [0.3, 0.4) is 0 Å². The summed E-state index contributed by atoms with van der Waals surface area (Å²) in [6, 6.07) is 12.0. The number of nitrogens with zero attached hydrogens (tertiary/aromatic N) is 3. The van der Waals surface area contributed by atoms with Crippen LogP contribution >= 0.6 is 11.3 Å². The first-order valence-corrected chi connectivity index (χ1v) is 12.5. The Morgan fingerprint density at radius 1 is 1.03 bits per heavy atom. The van der Waals surface area contributed by atoms with Crippen molar-refractivity contribution in [1.29, 1.82) is 0 Å². The lowest BCUT2D eigenvalue weighted by Crippen LogP contribution is -2.49. The molecule has 2 aromatic carbocycles. The highest BCUT2D eigenvalue weighted by Gasteiger charge is 2.39. The normalized spacial score (nSPS) is 15.6. The molecule has 1 aliphatic rings.